The van der Waals surface area contributed by atoms with E-state index in [0.717, 1.165) is 0 Å². The van der Waals surface area contributed by atoms with E-state index in [2.05, 4.69) is 48.4 Å². The predicted molar refractivity (Wildman–Crippen MR) is 70.5 cm³/mol. The Labute approximate surface area is 112 Å². The summed E-state index contributed by atoms with van der Waals surface area (Å²) in [6.07, 6.45) is 0. The van der Waals surface area contributed by atoms with Crippen LogP contribution in [0.2, 0.25) is 0 Å². The Bertz CT molecular complexity index is 544. The van der Waals surface area contributed by atoms with Crippen molar-refractivity contribution in [3.05, 3.63) is 27.1 Å². The van der Waals surface area contributed by atoms with Gasteiger partial charge in [0.05, 0.1) is 11.4 Å². The predicted octanol–water partition coefficient (Wildman–Crippen LogP) is 2.51. The molecule has 1 rings (SSSR count). The highest BCUT2D eigenvalue weighted by Crippen LogP contribution is 2.25. The van der Waals surface area contributed by atoms with Crippen molar-refractivity contribution < 1.29 is 8.42 Å². The average molecular weight is 367 g/mol. The molecule has 0 heterocycles. The van der Waals surface area contributed by atoms with Crippen molar-refractivity contribution in [2.24, 2.45) is 0 Å². The van der Waals surface area contributed by atoms with Gasteiger partial charge in [-0.1, -0.05) is 21.9 Å². The van der Waals surface area contributed by atoms with Crippen LogP contribution in [0.1, 0.15) is 6.92 Å². The van der Waals surface area contributed by atoms with Crippen LogP contribution in [-0.2, 0) is 10.0 Å². The molecule has 0 saturated heterocycles. The molecule has 0 aromatic heterocycles. The zero-order valence-corrected chi connectivity index (χ0v) is 12.4. The lowest BCUT2D eigenvalue weighted by Gasteiger charge is -2.06. The molecule has 0 aliphatic carbocycles. The van der Waals surface area contributed by atoms with Gasteiger partial charge in [0.1, 0.15) is 0 Å². The average Bonchev–Trinajstić information content (AvgIpc) is 2.22. The van der Waals surface area contributed by atoms with Gasteiger partial charge >= 0.3 is 0 Å². The molecule has 0 bridgehead atoms. The monoisotopic (exact) mass is 365 g/mol. The molecule has 3 nitrogen and oxygen atoms in total. The second-order valence-electron chi connectivity index (χ2n) is 2.83. The van der Waals surface area contributed by atoms with Gasteiger partial charge in [-0.05, 0) is 41.1 Å². The van der Waals surface area contributed by atoms with E-state index in [1.54, 1.807) is 19.1 Å². The summed E-state index contributed by atoms with van der Waals surface area (Å²) < 4.78 is 27.3. The number of hydrogen-bond donors (Lipinski definition) is 1. The van der Waals surface area contributed by atoms with Gasteiger partial charge in [-0.25, -0.2) is 8.42 Å². The second kappa shape index (κ2) is 5.82. The largest absolute Gasteiger partial charge is 0.242 e. The second-order valence-corrected chi connectivity index (χ2v) is 6.33. The maximum Gasteiger partial charge on any atom is 0.242 e. The number of hydrogen-bond acceptors (Lipinski definition) is 2. The normalized spacial score (nSPS) is 10.7. The van der Waals surface area contributed by atoms with Crippen molar-refractivity contribution in [1.29, 1.82) is 0 Å². The lowest BCUT2D eigenvalue weighted by atomic mass is 10.4. The first kappa shape index (κ1) is 13.7. The fourth-order valence-corrected chi connectivity index (χ4v) is 3.40. The molecule has 16 heavy (non-hydrogen) atoms. The van der Waals surface area contributed by atoms with Crippen molar-refractivity contribution in [2.75, 3.05) is 6.54 Å². The Hall–Kier alpha value is -0.350. The van der Waals surface area contributed by atoms with Crippen LogP contribution in [0.25, 0.3) is 0 Å². The maximum atomic E-state index is 11.9. The summed E-state index contributed by atoms with van der Waals surface area (Å²) in [5.74, 6) is 5.26. The molecule has 0 spiro atoms. The number of rotatable bonds is 3. The molecule has 6 heteroatoms. The van der Waals surface area contributed by atoms with E-state index < -0.39 is 10.0 Å². The highest BCUT2D eigenvalue weighted by Gasteiger charge is 2.16. The van der Waals surface area contributed by atoms with Gasteiger partial charge in [0.2, 0.25) is 10.0 Å². The van der Waals surface area contributed by atoms with Crippen LogP contribution in [0.4, 0.5) is 0 Å². The molecule has 0 unspecified atom stereocenters. The Balaban J connectivity index is 3.05. The summed E-state index contributed by atoms with van der Waals surface area (Å²) in [6.45, 7) is 1.76. The summed E-state index contributed by atoms with van der Waals surface area (Å²) >= 11 is 6.43. The first-order valence-electron chi connectivity index (χ1n) is 4.31. The molecular formula is C10H9Br2NO2S. The van der Waals surface area contributed by atoms with Crippen molar-refractivity contribution in [1.82, 2.24) is 4.72 Å². The molecule has 1 aromatic carbocycles. The smallest absolute Gasteiger partial charge is 0.207 e. The molecule has 0 amide bonds. The third kappa shape index (κ3) is 3.59. The standard InChI is InChI=1S/C10H9Br2NO2S/c1-2-3-6-13-16(14,15)10-7-8(11)4-5-9(10)12/h4-5,7,13H,6H2,1H3. The third-order valence-corrected chi connectivity index (χ3v) is 4.60. The Kier molecular flexibility index (Phi) is 4.99. The number of sulfonamides is 1. The molecule has 0 fully saturated rings. The van der Waals surface area contributed by atoms with Gasteiger partial charge in [-0.2, -0.15) is 4.72 Å². The summed E-state index contributed by atoms with van der Waals surface area (Å²) in [4.78, 5) is 0.194. The lowest BCUT2D eigenvalue weighted by Crippen LogP contribution is -2.24. The van der Waals surface area contributed by atoms with Crippen molar-refractivity contribution >= 4 is 41.9 Å². The van der Waals surface area contributed by atoms with Crippen molar-refractivity contribution in [3.63, 3.8) is 0 Å². The summed E-state index contributed by atoms with van der Waals surface area (Å²) in [6, 6.07) is 4.96. The maximum absolute atomic E-state index is 11.9. The van der Waals surface area contributed by atoms with E-state index in [9.17, 15) is 8.42 Å². The van der Waals surface area contributed by atoms with Crippen LogP contribution >= 0.6 is 31.9 Å². The first-order chi connectivity index (χ1) is 7.47. The molecule has 0 saturated carbocycles. The van der Waals surface area contributed by atoms with Gasteiger partial charge in [0, 0.05) is 8.95 Å². The zero-order chi connectivity index (χ0) is 12.2. The first-order valence-corrected chi connectivity index (χ1v) is 7.38. The fraction of sp³-hybridized carbons (Fsp3) is 0.200. The minimum Gasteiger partial charge on any atom is -0.207 e. The van der Waals surface area contributed by atoms with Crippen molar-refractivity contribution in [3.8, 4) is 11.8 Å². The van der Waals surface area contributed by atoms with Crippen LogP contribution < -0.4 is 4.72 Å². The van der Waals surface area contributed by atoms with Crippen LogP contribution in [0.15, 0.2) is 32.0 Å². The molecule has 1 N–H and O–H groups in total. The zero-order valence-electron chi connectivity index (χ0n) is 8.42. The Morgan fingerprint density at radius 3 is 2.69 bits per heavy atom. The minimum absolute atomic E-state index is 0.109. The van der Waals surface area contributed by atoms with Gasteiger partial charge in [0.15, 0.2) is 0 Å². The minimum atomic E-state index is -3.52. The van der Waals surface area contributed by atoms with Crippen LogP contribution in [0.3, 0.4) is 0 Å². The molecule has 1 aromatic rings. The van der Waals surface area contributed by atoms with E-state index in [-0.39, 0.29) is 11.4 Å². The van der Waals surface area contributed by atoms with E-state index in [1.165, 1.54) is 6.07 Å². The Morgan fingerprint density at radius 2 is 2.06 bits per heavy atom. The summed E-state index contributed by atoms with van der Waals surface area (Å²) in [5, 5.41) is 0. The Morgan fingerprint density at radius 1 is 1.38 bits per heavy atom. The van der Waals surface area contributed by atoms with Gasteiger partial charge in [0.25, 0.3) is 0 Å². The van der Waals surface area contributed by atoms with Gasteiger partial charge in [-0.15, -0.1) is 5.92 Å². The van der Waals surface area contributed by atoms with Crippen molar-refractivity contribution in [2.45, 2.75) is 11.8 Å². The molecule has 0 aliphatic heterocycles. The van der Waals surface area contributed by atoms with Crippen LogP contribution in [-0.4, -0.2) is 15.0 Å². The van der Waals surface area contributed by atoms with E-state index in [1.807, 2.05) is 0 Å². The van der Waals surface area contributed by atoms with Crippen LogP contribution in [0.5, 0.6) is 0 Å². The van der Waals surface area contributed by atoms with Crippen LogP contribution in [0, 0.1) is 11.8 Å². The topological polar surface area (TPSA) is 46.2 Å². The van der Waals surface area contributed by atoms with Gasteiger partial charge < -0.3 is 0 Å². The fourth-order valence-electron chi connectivity index (χ4n) is 0.980. The summed E-state index contributed by atoms with van der Waals surface area (Å²) in [7, 11) is -3.52. The molecule has 0 radical (unpaired) electrons. The molecule has 0 aliphatic rings. The number of benzene rings is 1. The highest BCUT2D eigenvalue weighted by atomic mass is 79.9. The number of nitrogens with one attached hydrogen (secondary N) is 1. The lowest BCUT2D eigenvalue weighted by molar-refractivity contribution is 0.585. The SMILES string of the molecule is CC#CCNS(=O)(=O)c1cc(Br)ccc1Br. The van der Waals surface area contributed by atoms with E-state index in [4.69, 9.17) is 0 Å². The molecular weight excluding hydrogens is 358 g/mol. The van der Waals surface area contributed by atoms with E-state index in [0.29, 0.717) is 8.95 Å². The van der Waals surface area contributed by atoms with E-state index >= 15 is 0 Å². The molecule has 86 valence electrons. The number of halogens is 2. The third-order valence-electron chi connectivity index (χ3n) is 1.71. The van der Waals surface area contributed by atoms with Gasteiger partial charge in [-0.3, -0.25) is 0 Å². The quantitative estimate of drug-likeness (QED) is 0.835. The molecule has 0 atom stereocenters. The highest BCUT2D eigenvalue weighted by molar-refractivity contribution is 9.11. The summed E-state index contributed by atoms with van der Waals surface area (Å²) in [5.41, 5.74) is 0.